The molecule has 0 unspecified atom stereocenters. The number of rotatable bonds is 7. The number of anilines is 1. The Morgan fingerprint density at radius 3 is 2.68 bits per heavy atom. The van der Waals surface area contributed by atoms with Crippen molar-refractivity contribution in [3.05, 3.63) is 42.5 Å². The van der Waals surface area contributed by atoms with Gasteiger partial charge in [-0.2, -0.15) is 0 Å². The molecule has 2 aromatic heterocycles. The van der Waals surface area contributed by atoms with E-state index in [9.17, 15) is 4.39 Å². The fourth-order valence-electron chi connectivity index (χ4n) is 3.25. The summed E-state index contributed by atoms with van der Waals surface area (Å²) in [6, 6.07) is 8.15. The van der Waals surface area contributed by atoms with Crippen molar-refractivity contribution in [1.82, 2.24) is 15.3 Å². The Morgan fingerprint density at radius 1 is 1.16 bits per heavy atom. The molecule has 3 rings (SSSR count). The van der Waals surface area contributed by atoms with E-state index in [-0.39, 0.29) is 5.82 Å². The lowest BCUT2D eigenvalue weighted by atomic mass is 9.91. The van der Waals surface area contributed by atoms with Crippen LogP contribution in [0.3, 0.4) is 0 Å². The first-order valence-electron chi connectivity index (χ1n) is 8.82. The van der Waals surface area contributed by atoms with Crippen LogP contribution in [0.2, 0.25) is 0 Å². The lowest BCUT2D eigenvalue weighted by molar-refractivity contribution is 0.191. The van der Waals surface area contributed by atoms with Crippen LogP contribution in [0.15, 0.2) is 36.7 Å². The average Bonchev–Trinajstić information content (AvgIpc) is 2.66. The van der Waals surface area contributed by atoms with Crippen molar-refractivity contribution in [3.8, 4) is 11.3 Å². The monoisotopic (exact) mass is 344 g/mol. The van der Waals surface area contributed by atoms with E-state index in [1.54, 1.807) is 25.4 Å². The molecule has 25 heavy (non-hydrogen) atoms. The molecular weight excluding hydrogens is 319 g/mol. The Kier molecular flexibility index (Phi) is 6.30. The lowest BCUT2D eigenvalue weighted by Gasteiger charge is -2.30. The van der Waals surface area contributed by atoms with E-state index < -0.39 is 0 Å². The minimum atomic E-state index is -0.352. The molecule has 5 nitrogen and oxygen atoms in total. The van der Waals surface area contributed by atoms with Gasteiger partial charge in [0.2, 0.25) is 0 Å². The molecule has 1 aliphatic carbocycles. The van der Waals surface area contributed by atoms with Gasteiger partial charge in [0, 0.05) is 37.5 Å². The predicted molar refractivity (Wildman–Crippen MR) is 97.0 cm³/mol. The molecule has 2 aromatic rings. The fourth-order valence-corrected chi connectivity index (χ4v) is 3.25. The van der Waals surface area contributed by atoms with Crippen molar-refractivity contribution in [2.45, 2.75) is 37.8 Å². The van der Waals surface area contributed by atoms with Crippen molar-refractivity contribution in [3.63, 3.8) is 0 Å². The molecule has 0 atom stereocenters. The van der Waals surface area contributed by atoms with Crippen LogP contribution in [-0.2, 0) is 4.74 Å². The first kappa shape index (κ1) is 17.8. The van der Waals surface area contributed by atoms with Crippen LogP contribution in [0.4, 0.5) is 10.2 Å². The van der Waals surface area contributed by atoms with Gasteiger partial charge in [-0.15, -0.1) is 0 Å². The van der Waals surface area contributed by atoms with Crippen LogP contribution in [0, 0.1) is 5.82 Å². The molecule has 6 heteroatoms. The predicted octanol–water partition coefficient (Wildman–Crippen LogP) is 3.24. The maximum Gasteiger partial charge on any atom is 0.151 e. The highest BCUT2D eigenvalue weighted by Crippen LogP contribution is 2.25. The van der Waals surface area contributed by atoms with E-state index in [1.807, 2.05) is 12.1 Å². The van der Waals surface area contributed by atoms with Crippen LogP contribution in [0.5, 0.6) is 0 Å². The molecule has 2 N–H and O–H groups in total. The van der Waals surface area contributed by atoms with E-state index in [2.05, 4.69) is 20.6 Å². The molecule has 0 radical (unpaired) electrons. The second kappa shape index (κ2) is 8.87. The molecule has 1 aliphatic rings. The number of halogens is 1. The van der Waals surface area contributed by atoms with Gasteiger partial charge in [0.15, 0.2) is 5.82 Å². The van der Waals surface area contributed by atoms with Gasteiger partial charge in [-0.25, -0.2) is 9.37 Å². The van der Waals surface area contributed by atoms with Crippen LogP contribution in [0.25, 0.3) is 11.3 Å². The molecular formula is C19H25FN4O. The maximum absolute atomic E-state index is 14.1. The quantitative estimate of drug-likeness (QED) is 0.755. The third-order valence-electron chi connectivity index (χ3n) is 4.61. The van der Waals surface area contributed by atoms with E-state index in [0.29, 0.717) is 29.2 Å². The van der Waals surface area contributed by atoms with Gasteiger partial charge in [-0.05, 0) is 43.9 Å². The molecule has 1 saturated carbocycles. The Balaban J connectivity index is 1.57. The van der Waals surface area contributed by atoms with E-state index >= 15 is 0 Å². The van der Waals surface area contributed by atoms with E-state index in [1.165, 1.54) is 6.20 Å². The Hall–Kier alpha value is -2.05. The number of ether oxygens (including phenoxy) is 1. The second-order valence-electron chi connectivity index (χ2n) is 6.40. The standard InChI is InChI=1S/C19H25FN4O/c1-25-11-10-21-14-5-7-15(8-6-14)24-19-12-16(17(20)13-23-19)18-4-2-3-9-22-18/h2-4,9,12-15,21H,5-8,10-11H2,1H3,(H,23,24). The number of methoxy groups -OCH3 is 1. The number of nitrogens with zero attached hydrogens (tertiary/aromatic N) is 2. The Labute approximate surface area is 148 Å². The van der Waals surface area contributed by atoms with Crippen molar-refractivity contribution in [1.29, 1.82) is 0 Å². The number of aromatic nitrogens is 2. The van der Waals surface area contributed by atoms with Crippen molar-refractivity contribution >= 4 is 5.82 Å². The zero-order valence-corrected chi connectivity index (χ0v) is 14.5. The number of hydrogen-bond acceptors (Lipinski definition) is 5. The van der Waals surface area contributed by atoms with Gasteiger partial charge in [-0.3, -0.25) is 4.98 Å². The minimum Gasteiger partial charge on any atom is -0.383 e. The molecule has 0 spiro atoms. The Bertz CT molecular complexity index is 660. The first-order chi connectivity index (χ1) is 12.3. The van der Waals surface area contributed by atoms with Crippen molar-refractivity contribution in [2.75, 3.05) is 25.6 Å². The van der Waals surface area contributed by atoms with Gasteiger partial charge in [0.25, 0.3) is 0 Å². The molecule has 1 fully saturated rings. The summed E-state index contributed by atoms with van der Waals surface area (Å²) < 4.78 is 19.2. The van der Waals surface area contributed by atoms with E-state index in [0.717, 1.165) is 38.8 Å². The van der Waals surface area contributed by atoms with Gasteiger partial charge >= 0.3 is 0 Å². The van der Waals surface area contributed by atoms with Gasteiger partial charge in [0.05, 0.1) is 18.5 Å². The van der Waals surface area contributed by atoms with Crippen LogP contribution < -0.4 is 10.6 Å². The third kappa shape index (κ3) is 4.96. The van der Waals surface area contributed by atoms with Gasteiger partial charge in [0.1, 0.15) is 5.82 Å². The summed E-state index contributed by atoms with van der Waals surface area (Å²) in [6.45, 7) is 1.64. The molecule has 2 heterocycles. The largest absolute Gasteiger partial charge is 0.383 e. The summed E-state index contributed by atoms with van der Waals surface area (Å²) in [7, 11) is 1.72. The molecule has 0 bridgehead atoms. The van der Waals surface area contributed by atoms with Gasteiger partial charge in [-0.1, -0.05) is 6.07 Å². The lowest BCUT2D eigenvalue weighted by Crippen LogP contribution is -2.38. The van der Waals surface area contributed by atoms with Crippen LogP contribution >= 0.6 is 0 Å². The van der Waals surface area contributed by atoms with Crippen LogP contribution in [-0.4, -0.2) is 42.3 Å². The van der Waals surface area contributed by atoms with Crippen molar-refractivity contribution in [2.24, 2.45) is 0 Å². The summed E-state index contributed by atoms with van der Waals surface area (Å²) in [5.74, 6) is 0.355. The zero-order valence-electron chi connectivity index (χ0n) is 14.5. The number of nitrogens with one attached hydrogen (secondary N) is 2. The molecule has 0 aliphatic heterocycles. The number of hydrogen-bond donors (Lipinski definition) is 2. The maximum atomic E-state index is 14.1. The summed E-state index contributed by atoms with van der Waals surface area (Å²) in [5.41, 5.74) is 1.10. The fraction of sp³-hybridized carbons (Fsp3) is 0.474. The van der Waals surface area contributed by atoms with Gasteiger partial charge < -0.3 is 15.4 Å². The normalized spacial score (nSPS) is 20.4. The summed E-state index contributed by atoms with van der Waals surface area (Å²) >= 11 is 0. The zero-order chi connectivity index (χ0) is 17.5. The first-order valence-corrected chi connectivity index (χ1v) is 8.82. The summed E-state index contributed by atoms with van der Waals surface area (Å²) in [5, 5.41) is 6.97. The smallest absolute Gasteiger partial charge is 0.151 e. The average molecular weight is 344 g/mol. The number of pyridine rings is 2. The van der Waals surface area contributed by atoms with Crippen LogP contribution in [0.1, 0.15) is 25.7 Å². The molecule has 0 amide bonds. The molecule has 0 aromatic carbocycles. The molecule has 134 valence electrons. The topological polar surface area (TPSA) is 59.1 Å². The SMILES string of the molecule is COCCNC1CCC(Nc2cc(-c3ccccn3)c(F)cn2)CC1. The van der Waals surface area contributed by atoms with Crippen molar-refractivity contribution < 1.29 is 9.13 Å². The highest BCUT2D eigenvalue weighted by Gasteiger charge is 2.21. The Morgan fingerprint density at radius 2 is 1.96 bits per heavy atom. The minimum absolute atomic E-state index is 0.352. The second-order valence-corrected chi connectivity index (χ2v) is 6.40. The summed E-state index contributed by atoms with van der Waals surface area (Å²) in [4.78, 5) is 8.42. The highest BCUT2D eigenvalue weighted by atomic mass is 19.1. The highest BCUT2D eigenvalue weighted by molar-refractivity contribution is 5.63. The third-order valence-corrected chi connectivity index (χ3v) is 4.61. The van der Waals surface area contributed by atoms with E-state index in [4.69, 9.17) is 4.74 Å². The summed E-state index contributed by atoms with van der Waals surface area (Å²) in [6.07, 6.45) is 7.32. The molecule has 0 saturated heterocycles.